The third-order valence-corrected chi connectivity index (χ3v) is 5.41. The van der Waals surface area contributed by atoms with Crippen LogP contribution in [0.15, 0.2) is 36.7 Å². The summed E-state index contributed by atoms with van der Waals surface area (Å²) in [4.78, 5) is 15.8. The summed E-state index contributed by atoms with van der Waals surface area (Å²) in [5, 5.41) is 4.51. The van der Waals surface area contributed by atoms with Crippen LogP contribution in [0.1, 0.15) is 4.88 Å². The topological polar surface area (TPSA) is 44.3 Å². The number of aryl methyl sites for hydroxylation is 1. The molecule has 3 heterocycles. The highest BCUT2D eigenvalue weighted by molar-refractivity contribution is 7.18. The van der Waals surface area contributed by atoms with Gasteiger partial charge in [0.25, 0.3) is 0 Å². The van der Waals surface area contributed by atoms with Crippen molar-refractivity contribution in [1.82, 2.24) is 14.9 Å². The number of anilines is 3. The maximum Gasteiger partial charge on any atom is 0.142 e. The van der Waals surface area contributed by atoms with Crippen LogP contribution in [0.5, 0.6) is 0 Å². The number of thiophene rings is 1. The molecule has 4 rings (SSSR count). The molecule has 6 heteroatoms. The minimum absolute atomic E-state index is 0.872. The summed E-state index contributed by atoms with van der Waals surface area (Å²) in [6.45, 7) is 6.52. The van der Waals surface area contributed by atoms with Crippen LogP contribution in [0.2, 0.25) is 0 Å². The highest BCUT2D eigenvalue weighted by Gasteiger charge is 2.14. The number of likely N-dealkylation sites (N-methyl/N-ethyl adjacent to an activating group) is 1. The zero-order valence-electron chi connectivity index (χ0n) is 14.0. The highest BCUT2D eigenvalue weighted by Crippen LogP contribution is 2.29. The van der Waals surface area contributed by atoms with Crippen molar-refractivity contribution >= 4 is 38.7 Å². The smallest absolute Gasteiger partial charge is 0.142 e. The van der Waals surface area contributed by atoms with Crippen LogP contribution in [-0.2, 0) is 0 Å². The van der Waals surface area contributed by atoms with Gasteiger partial charge in [-0.1, -0.05) is 0 Å². The predicted molar refractivity (Wildman–Crippen MR) is 102 cm³/mol. The summed E-state index contributed by atoms with van der Waals surface area (Å²) in [6, 6.07) is 10.8. The van der Waals surface area contributed by atoms with Gasteiger partial charge in [-0.25, -0.2) is 9.97 Å². The van der Waals surface area contributed by atoms with Crippen molar-refractivity contribution in [2.75, 3.05) is 43.4 Å². The molecule has 5 nitrogen and oxygen atoms in total. The minimum atomic E-state index is 0.872. The summed E-state index contributed by atoms with van der Waals surface area (Å²) in [6.07, 6.45) is 1.62. The lowest BCUT2D eigenvalue weighted by Crippen LogP contribution is -2.44. The fourth-order valence-corrected chi connectivity index (χ4v) is 3.88. The van der Waals surface area contributed by atoms with Gasteiger partial charge in [-0.2, -0.15) is 0 Å². The first-order chi connectivity index (χ1) is 11.7. The van der Waals surface area contributed by atoms with E-state index in [1.165, 1.54) is 10.6 Å². The molecule has 0 bridgehead atoms. The van der Waals surface area contributed by atoms with Crippen molar-refractivity contribution in [3.8, 4) is 0 Å². The Balaban J connectivity index is 1.52. The second-order valence-corrected chi connectivity index (χ2v) is 7.50. The van der Waals surface area contributed by atoms with Crippen LogP contribution in [0.3, 0.4) is 0 Å². The molecule has 1 fully saturated rings. The van der Waals surface area contributed by atoms with E-state index in [9.17, 15) is 0 Å². The van der Waals surface area contributed by atoms with Gasteiger partial charge in [-0.15, -0.1) is 11.3 Å². The Hall–Kier alpha value is -2.18. The molecular formula is C18H21N5S. The van der Waals surface area contributed by atoms with Gasteiger partial charge in [0.2, 0.25) is 0 Å². The van der Waals surface area contributed by atoms with E-state index in [0.717, 1.165) is 47.9 Å². The number of nitrogens with one attached hydrogen (secondary N) is 1. The van der Waals surface area contributed by atoms with E-state index >= 15 is 0 Å². The highest BCUT2D eigenvalue weighted by atomic mass is 32.1. The summed E-state index contributed by atoms with van der Waals surface area (Å²) in [7, 11) is 2.18. The molecule has 1 saturated heterocycles. The Morgan fingerprint density at radius 3 is 2.54 bits per heavy atom. The zero-order valence-corrected chi connectivity index (χ0v) is 14.8. The Labute approximate surface area is 146 Å². The fourth-order valence-electron chi connectivity index (χ4n) is 3.03. The van der Waals surface area contributed by atoms with Gasteiger partial charge in [-0.05, 0) is 44.3 Å². The van der Waals surface area contributed by atoms with Crippen LogP contribution in [0.25, 0.3) is 10.2 Å². The Kier molecular flexibility index (Phi) is 4.08. The molecule has 124 valence electrons. The van der Waals surface area contributed by atoms with Crippen molar-refractivity contribution in [3.63, 3.8) is 0 Å². The number of piperazine rings is 1. The quantitative estimate of drug-likeness (QED) is 0.791. The van der Waals surface area contributed by atoms with Crippen LogP contribution in [0.4, 0.5) is 17.2 Å². The molecule has 0 atom stereocenters. The molecule has 3 aromatic rings. The average Bonchev–Trinajstić information content (AvgIpc) is 2.98. The van der Waals surface area contributed by atoms with Gasteiger partial charge in [0.1, 0.15) is 17.0 Å². The van der Waals surface area contributed by atoms with Crippen molar-refractivity contribution in [1.29, 1.82) is 0 Å². The maximum absolute atomic E-state index is 4.40. The van der Waals surface area contributed by atoms with Crippen molar-refractivity contribution < 1.29 is 0 Å². The molecule has 0 amide bonds. The van der Waals surface area contributed by atoms with E-state index in [2.05, 4.69) is 69.4 Å². The standard InChI is InChI=1S/C18H21N5S/c1-13-11-16-17(19-12-20-18(16)24-13)21-14-3-5-15(6-4-14)23-9-7-22(2)8-10-23/h3-6,11-12H,7-10H2,1-2H3,(H,19,20,21). The Morgan fingerprint density at radius 1 is 1.04 bits per heavy atom. The van der Waals surface area contributed by atoms with E-state index < -0.39 is 0 Å². The molecule has 0 radical (unpaired) electrons. The number of hydrogen-bond acceptors (Lipinski definition) is 6. The number of aromatic nitrogens is 2. The molecule has 0 unspecified atom stereocenters. The summed E-state index contributed by atoms with van der Waals surface area (Å²) >= 11 is 1.70. The molecule has 24 heavy (non-hydrogen) atoms. The number of rotatable bonds is 3. The normalized spacial score (nSPS) is 15.8. The van der Waals surface area contributed by atoms with Gasteiger partial charge >= 0.3 is 0 Å². The molecule has 1 aliphatic rings. The van der Waals surface area contributed by atoms with E-state index in [1.807, 2.05) is 0 Å². The van der Waals surface area contributed by atoms with E-state index in [1.54, 1.807) is 17.7 Å². The van der Waals surface area contributed by atoms with Gasteiger partial charge in [0, 0.05) is 42.4 Å². The van der Waals surface area contributed by atoms with Crippen molar-refractivity contribution in [2.45, 2.75) is 6.92 Å². The third kappa shape index (κ3) is 3.07. The lowest BCUT2D eigenvalue weighted by Gasteiger charge is -2.34. The maximum atomic E-state index is 4.40. The minimum Gasteiger partial charge on any atom is -0.369 e. The molecular weight excluding hydrogens is 318 g/mol. The summed E-state index contributed by atoms with van der Waals surface area (Å²) in [5.41, 5.74) is 2.34. The molecule has 1 N–H and O–H groups in total. The summed E-state index contributed by atoms with van der Waals surface area (Å²) < 4.78 is 0. The second-order valence-electron chi connectivity index (χ2n) is 6.26. The first kappa shape index (κ1) is 15.4. The fraction of sp³-hybridized carbons (Fsp3) is 0.333. The summed E-state index contributed by atoms with van der Waals surface area (Å²) in [5.74, 6) is 0.872. The first-order valence-electron chi connectivity index (χ1n) is 8.21. The average molecular weight is 339 g/mol. The monoisotopic (exact) mass is 339 g/mol. The number of benzene rings is 1. The van der Waals surface area contributed by atoms with E-state index in [-0.39, 0.29) is 0 Å². The van der Waals surface area contributed by atoms with E-state index in [4.69, 9.17) is 0 Å². The van der Waals surface area contributed by atoms with E-state index in [0.29, 0.717) is 0 Å². The largest absolute Gasteiger partial charge is 0.369 e. The lowest BCUT2D eigenvalue weighted by atomic mass is 10.2. The van der Waals surface area contributed by atoms with Crippen LogP contribution in [0, 0.1) is 6.92 Å². The number of fused-ring (bicyclic) bond motifs is 1. The predicted octanol–water partition coefficient (Wildman–Crippen LogP) is 3.50. The van der Waals surface area contributed by atoms with Crippen LogP contribution >= 0.6 is 11.3 Å². The molecule has 0 spiro atoms. The molecule has 1 aliphatic heterocycles. The van der Waals surface area contributed by atoms with Gasteiger partial charge in [0.15, 0.2) is 0 Å². The second kappa shape index (κ2) is 6.37. The first-order valence-corrected chi connectivity index (χ1v) is 9.02. The van der Waals surface area contributed by atoms with Crippen molar-refractivity contribution in [2.24, 2.45) is 0 Å². The lowest BCUT2D eigenvalue weighted by molar-refractivity contribution is 0.313. The molecule has 1 aromatic carbocycles. The van der Waals surface area contributed by atoms with Crippen LogP contribution in [-0.4, -0.2) is 48.1 Å². The Bertz CT molecular complexity index is 834. The zero-order chi connectivity index (χ0) is 16.5. The molecule has 0 saturated carbocycles. The van der Waals surface area contributed by atoms with Crippen LogP contribution < -0.4 is 10.2 Å². The SMILES string of the molecule is Cc1cc2c(Nc3ccc(N4CCN(C)CC4)cc3)ncnc2s1. The van der Waals surface area contributed by atoms with Gasteiger partial charge in [0.05, 0.1) is 5.39 Å². The van der Waals surface area contributed by atoms with Gasteiger partial charge < -0.3 is 15.1 Å². The molecule has 0 aliphatic carbocycles. The molecule has 2 aromatic heterocycles. The number of nitrogens with zero attached hydrogens (tertiary/aromatic N) is 4. The van der Waals surface area contributed by atoms with Crippen molar-refractivity contribution in [3.05, 3.63) is 41.5 Å². The third-order valence-electron chi connectivity index (χ3n) is 4.45. The van der Waals surface area contributed by atoms with Gasteiger partial charge in [-0.3, -0.25) is 0 Å². The Morgan fingerprint density at radius 2 is 1.79 bits per heavy atom. The number of hydrogen-bond donors (Lipinski definition) is 1.